The molecule has 2 aromatic rings. The lowest BCUT2D eigenvalue weighted by molar-refractivity contribution is -0.384. The summed E-state index contributed by atoms with van der Waals surface area (Å²) in [6.45, 7) is 0.826. The fourth-order valence-corrected chi connectivity index (χ4v) is 3.93. The normalized spacial score (nSPS) is 16.2. The zero-order valence-electron chi connectivity index (χ0n) is 17.3. The highest BCUT2D eigenvalue weighted by atomic mass is 16.7. The van der Waals surface area contributed by atoms with E-state index in [-0.39, 0.29) is 11.3 Å². The van der Waals surface area contributed by atoms with Gasteiger partial charge in [-0.3, -0.25) is 14.9 Å². The van der Waals surface area contributed by atoms with E-state index in [0.29, 0.717) is 36.0 Å². The number of methoxy groups -OCH3 is 1. The summed E-state index contributed by atoms with van der Waals surface area (Å²) in [4.78, 5) is 23.6. The molecular formula is C22H25N3O6. The number of hydrogen-bond donors (Lipinski definition) is 2. The molecule has 0 atom stereocenters. The lowest BCUT2D eigenvalue weighted by Crippen LogP contribution is -2.40. The molecule has 0 saturated heterocycles. The third kappa shape index (κ3) is 4.56. The largest absolute Gasteiger partial charge is 0.448 e. The first kappa shape index (κ1) is 20.9. The molecule has 1 fully saturated rings. The van der Waals surface area contributed by atoms with Gasteiger partial charge in [-0.05, 0) is 37.1 Å². The maximum atomic E-state index is 12.7. The van der Waals surface area contributed by atoms with E-state index < -0.39 is 16.6 Å². The van der Waals surface area contributed by atoms with E-state index in [4.69, 9.17) is 14.2 Å². The van der Waals surface area contributed by atoms with E-state index in [2.05, 4.69) is 10.6 Å². The van der Waals surface area contributed by atoms with Gasteiger partial charge >= 0.3 is 0 Å². The topological polar surface area (TPSA) is 112 Å². The van der Waals surface area contributed by atoms with Gasteiger partial charge in [0, 0.05) is 49.9 Å². The second-order valence-corrected chi connectivity index (χ2v) is 7.70. The average molecular weight is 427 g/mol. The Labute approximate surface area is 179 Å². The molecular weight excluding hydrogens is 402 g/mol. The van der Waals surface area contributed by atoms with Crippen molar-refractivity contribution in [3.8, 4) is 11.5 Å². The number of carbonyl (C=O) groups excluding carboxylic acids is 1. The van der Waals surface area contributed by atoms with Gasteiger partial charge in [0.25, 0.3) is 17.4 Å². The number of rotatable bonds is 7. The maximum Gasteiger partial charge on any atom is 0.293 e. The predicted molar refractivity (Wildman–Crippen MR) is 115 cm³/mol. The van der Waals surface area contributed by atoms with E-state index in [1.807, 2.05) is 0 Å². The van der Waals surface area contributed by atoms with Gasteiger partial charge in [-0.2, -0.15) is 0 Å². The minimum atomic E-state index is -0.588. The highest BCUT2D eigenvalue weighted by Crippen LogP contribution is 2.46. The van der Waals surface area contributed by atoms with Crippen LogP contribution >= 0.6 is 0 Å². The van der Waals surface area contributed by atoms with Crippen molar-refractivity contribution in [3.05, 3.63) is 52.1 Å². The van der Waals surface area contributed by atoms with Crippen molar-refractivity contribution < 1.29 is 23.9 Å². The minimum absolute atomic E-state index is 0.173. The molecule has 2 N–H and O–H groups in total. The third-order valence-electron chi connectivity index (χ3n) is 5.49. The Morgan fingerprint density at radius 1 is 1.13 bits per heavy atom. The predicted octanol–water partition coefficient (Wildman–Crippen LogP) is 4.34. The monoisotopic (exact) mass is 427 g/mol. The van der Waals surface area contributed by atoms with Crippen LogP contribution in [0.1, 0.15) is 42.5 Å². The van der Waals surface area contributed by atoms with Crippen molar-refractivity contribution >= 4 is 23.0 Å². The summed E-state index contributed by atoms with van der Waals surface area (Å²) in [6, 6.07) is 9.56. The number of nitro benzene ring substituents is 1. The van der Waals surface area contributed by atoms with E-state index in [9.17, 15) is 14.9 Å². The zero-order chi connectivity index (χ0) is 21.8. The van der Waals surface area contributed by atoms with Crippen LogP contribution in [0.15, 0.2) is 36.4 Å². The minimum Gasteiger partial charge on any atom is -0.448 e. The fourth-order valence-electron chi connectivity index (χ4n) is 3.93. The summed E-state index contributed by atoms with van der Waals surface area (Å²) < 4.78 is 17.1. The van der Waals surface area contributed by atoms with Crippen LogP contribution in [-0.4, -0.2) is 36.9 Å². The fraction of sp³-hybridized carbons (Fsp3) is 0.409. The molecule has 0 unspecified atom stereocenters. The molecule has 0 aromatic heterocycles. The Morgan fingerprint density at radius 2 is 1.90 bits per heavy atom. The molecule has 9 heteroatoms. The smallest absolute Gasteiger partial charge is 0.293 e. The van der Waals surface area contributed by atoms with Gasteiger partial charge in [-0.25, -0.2) is 0 Å². The van der Waals surface area contributed by atoms with Gasteiger partial charge in [0.1, 0.15) is 5.69 Å². The molecule has 31 heavy (non-hydrogen) atoms. The number of carbonyl (C=O) groups is 1. The van der Waals surface area contributed by atoms with E-state index in [1.54, 1.807) is 31.4 Å². The number of hydrogen-bond acceptors (Lipinski definition) is 7. The number of benzene rings is 2. The summed E-state index contributed by atoms with van der Waals surface area (Å²) >= 11 is 0. The van der Waals surface area contributed by atoms with Crippen LogP contribution in [0.4, 0.5) is 17.1 Å². The van der Waals surface area contributed by atoms with Crippen LogP contribution in [0.2, 0.25) is 0 Å². The SMILES string of the molecule is COCCNc1ccc(C(=O)Nc2ccc3c(c2)OC2(CCCCC2)O3)cc1[N+](=O)[O-]. The average Bonchev–Trinajstić information content (AvgIpc) is 3.10. The van der Waals surface area contributed by atoms with Crippen molar-refractivity contribution in [3.63, 3.8) is 0 Å². The van der Waals surface area contributed by atoms with Crippen molar-refractivity contribution in [2.24, 2.45) is 0 Å². The van der Waals surface area contributed by atoms with Crippen molar-refractivity contribution in [1.29, 1.82) is 0 Å². The quantitative estimate of drug-likeness (QED) is 0.384. The molecule has 2 aromatic carbocycles. The Hall–Kier alpha value is -3.33. The lowest BCUT2D eigenvalue weighted by atomic mass is 9.94. The molecule has 1 spiro atoms. The number of amides is 1. The number of anilines is 2. The van der Waals surface area contributed by atoms with E-state index in [1.165, 1.54) is 18.6 Å². The first-order valence-electron chi connectivity index (χ1n) is 10.3. The van der Waals surface area contributed by atoms with Gasteiger partial charge in [0.15, 0.2) is 11.5 Å². The maximum absolute atomic E-state index is 12.7. The van der Waals surface area contributed by atoms with Crippen LogP contribution in [0, 0.1) is 10.1 Å². The molecule has 4 rings (SSSR count). The highest BCUT2D eigenvalue weighted by Gasteiger charge is 2.42. The van der Waals surface area contributed by atoms with Crippen molar-refractivity contribution in [2.45, 2.75) is 37.9 Å². The van der Waals surface area contributed by atoms with Crippen LogP contribution in [0.3, 0.4) is 0 Å². The first-order chi connectivity index (χ1) is 15.0. The molecule has 0 bridgehead atoms. The number of nitrogens with zero attached hydrogens (tertiary/aromatic N) is 1. The van der Waals surface area contributed by atoms with Crippen LogP contribution < -0.4 is 20.1 Å². The van der Waals surface area contributed by atoms with Crippen molar-refractivity contribution in [2.75, 3.05) is 30.9 Å². The van der Waals surface area contributed by atoms with Gasteiger partial charge < -0.3 is 24.8 Å². The molecule has 0 radical (unpaired) electrons. The van der Waals surface area contributed by atoms with Gasteiger partial charge in [0.2, 0.25) is 0 Å². The summed E-state index contributed by atoms with van der Waals surface area (Å²) in [5, 5.41) is 17.2. The molecule has 1 saturated carbocycles. The standard InChI is InChI=1S/C22H25N3O6/c1-29-12-11-23-17-7-5-15(13-18(17)25(27)28)21(26)24-16-6-8-19-20(14-16)31-22(30-19)9-3-2-4-10-22/h5-8,13-14,23H,2-4,9-12H2,1H3,(H,24,26). The van der Waals surface area contributed by atoms with E-state index in [0.717, 1.165) is 25.7 Å². The van der Waals surface area contributed by atoms with Gasteiger partial charge in [-0.15, -0.1) is 0 Å². The zero-order valence-corrected chi connectivity index (χ0v) is 17.3. The third-order valence-corrected chi connectivity index (χ3v) is 5.49. The molecule has 2 aliphatic rings. The Morgan fingerprint density at radius 3 is 2.65 bits per heavy atom. The van der Waals surface area contributed by atoms with Crippen molar-refractivity contribution in [1.82, 2.24) is 0 Å². The number of nitro groups is 1. The number of ether oxygens (including phenoxy) is 3. The lowest BCUT2D eigenvalue weighted by Gasteiger charge is -2.31. The molecule has 164 valence electrons. The highest BCUT2D eigenvalue weighted by molar-refractivity contribution is 6.05. The Bertz CT molecular complexity index is 987. The summed E-state index contributed by atoms with van der Waals surface area (Å²) in [6.07, 6.45) is 4.99. The molecule has 1 aliphatic carbocycles. The molecule has 1 aliphatic heterocycles. The number of fused-ring (bicyclic) bond motifs is 1. The summed E-state index contributed by atoms with van der Waals surface area (Å²) in [5.41, 5.74) is 0.878. The van der Waals surface area contributed by atoms with Crippen LogP contribution in [-0.2, 0) is 4.74 Å². The van der Waals surface area contributed by atoms with Gasteiger partial charge in [0.05, 0.1) is 11.5 Å². The second kappa shape index (κ2) is 8.81. The first-order valence-corrected chi connectivity index (χ1v) is 10.3. The molecule has 9 nitrogen and oxygen atoms in total. The molecule has 1 heterocycles. The summed E-state index contributed by atoms with van der Waals surface area (Å²) in [5.74, 6) is 0.235. The second-order valence-electron chi connectivity index (χ2n) is 7.70. The Kier molecular flexibility index (Phi) is 5.94. The Balaban J connectivity index is 1.47. The summed E-state index contributed by atoms with van der Waals surface area (Å²) in [7, 11) is 1.55. The van der Waals surface area contributed by atoms with Crippen LogP contribution in [0.25, 0.3) is 0 Å². The molecule has 1 amide bonds. The van der Waals surface area contributed by atoms with Gasteiger partial charge in [-0.1, -0.05) is 6.42 Å². The van der Waals surface area contributed by atoms with E-state index >= 15 is 0 Å². The van der Waals surface area contributed by atoms with Crippen LogP contribution in [0.5, 0.6) is 11.5 Å². The number of nitrogens with one attached hydrogen (secondary N) is 2.